The summed E-state index contributed by atoms with van der Waals surface area (Å²) in [6.45, 7) is 1.17. The van der Waals surface area contributed by atoms with Crippen molar-refractivity contribution in [2.45, 2.75) is 13.1 Å². The molecule has 112 valence electrons. The fourth-order valence-corrected chi connectivity index (χ4v) is 1.99. The van der Waals surface area contributed by atoms with E-state index in [2.05, 4.69) is 36.4 Å². The van der Waals surface area contributed by atoms with Crippen molar-refractivity contribution in [2.75, 3.05) is 0 Å². The quantitative estimate of drug-likeness (QED) is 0.793. The summed E-state index contributed by atoms with van der Waals surface area (Å²) in [6, 6.07) is 16.5. The molecule has 4 N–H and O–H groups in total. The van der Waals surface area contributed by atoms with Crippen molar-refractivity contribution in [1.29, 1.82) is 0 Å². The highest BCUT2D eigenvalue weighted by Crippen LogP contribution is 2.07. The summed E-state index contributed by atoms with van der Waals surface area (Å²) < 4.78 is 0. The fourth-order valence-electron chi connectivity index (χ4n) is 1.99. The number of rotatable bonds is 6. The van der Waals surface area contributed by atoms with Gasteiger partial charge in [-0.25, -0.2) is 0 Å². The maximum Gasteiger partial charge on any atom is 0.0178 e. The minimum absolute atomic E-state index is 0.584. The van der Waals surface area contributed by atoms with Crippen molar-refractivity contribution in [3.8, 4) is 0 Å². The molecule has 0 aliphatic carbocycles. The molecule has 0 bridgehead atoms. The molecule has 0 aliphatic rings. The standard InChI is InChI=1S/C20H22N2/c21-15-19-11-7-17(8-12-19)5-3-1-2-4-6-18-9-13-20(16-22)14-10-18/h1-14H,15-16,21-22H2/b2-1+,5-3+,6-4+. The Kier molecular flexibility index (Phi) is 6.37. The fraction of sp³-hybridized carbons (Fsp3) is 0.100. The van der Waals surface area contributed by atoms with Gasteiger partial charge < -0.3 is 11.5 Å². The number of hydrogen-bond acceptors (Lipinski definition) is 2. The van der Waals surface area contributed by atoms with Crippen LogP contribution in [0.15, 0.2) is 72.8 Å². The van der Waals surface area contributed by atoms with Gasteiger partial charge in [-0.2, -0.15) is 0 Å². The first-order chi connectivity index (χ1) is 10.8. The summed E-state index contributed by atoms with van der Waals surface area (Å²) in [5.74, 6) is 0. The second-order valence-electron chi connectivity index (χ2n) is 4.99. The van der Waals surface area contributed by atoms with Crippen molar-refractivity contribution in [3.63, 3.8) is 0 Å². The lowest BCUT2D eigenvalue weighted by atomic mass is 10.1. The Bertz CT molecular complexity index is 588. The van der Waals surface area contributed by atoms with Crippen LogP contribution < -0.4 is 11.5 Å². The highest BCUT2D eigenvalue weighted by molar-refractivity contribution is 5.54. The van der Waals surface area contributed by atoms with Gasteiger partial charge in [0.2, 0.25) is 0 Å². The second kappa shape index (κ2) is 8.78. The van der Waals surface area contributed by atoms with Gasteiger partial charge in [0, 0.05) is 13.1 Å². The van der Waals surface area contributed by atoms with E-state index in [-0.39, 0.29) is 0 Å². The van der Waals surface area contributed by atoms with E-state index in [9.17, 15) is 0 Å². The van der Waals surface area contributed by atoms with E-state index in [1.54, 1.807) is 0 Å². The number of allylic oxidation sites excluding steroid dienone is 4. The number of nitrogens with two attached hydrogens (primary N) is 2. The van der Waals surface area contributed by atoms with Crippen LogP contribution >= 0.6 is 0 Å². The van der Waals surface area contributed by atoms with Crippen molar-refractivity contribution >= 4 is 12.2 Å². The third kappa shape index (κ3) is 5.17. The Balaban J connectivity index is 1.85. The van der Waals surface area contributed by atoms with E-state index in [1.165, 1.54) is 11.1 Å². The van der Waals surface area contributed by atoms with Gasteiger partial charge in [-0.05, 0) is 22.3 Å². The molecule has 0 saturated carbocycles. The van der Waals surface area contributed by atoms with Crippen LogP contribution in [0.5, 0.6) is 0 Å². The monoisotopic (exact) mass is 290 g/mol. The van der Waals surface area contributed by atoms with Gasteiger partial charge >= 0.3 is 0 Å². The average molecular weight is 290 g/mol. The van der Waals surface area contributed by atoms with Crippen LogP contribution in [0.4, 0.5) is 0 Å². The Labute approximate surface area is 132 Å². The molecular formula is C20H22N2. The molecule has 0 spiro atoms. The molecule has 2 heteroatoms. The number of benzene rings is 2. The van der Waals surface area contributed by atoms with Crippen LogP contribution in [0.3, 0.4) is 0 Å². The van der Waals surface area contributed by atoms with Crippen LogP contribution in [-0.2, 0) is 13.1 Å². The SMILES string of the molecule is NCc1ccc(/C=C/C=C/C=C/c2ccc(CN)cc2)cc1. The zero-order valence-corrected chi connectivity index (χ0v) is 12.7. The maximum absolute atomic E-state index is 5.58. The molecule has 2 aromatic rings. The van der Waals surface area contributed by atoms with E-state index in [0.29, 0.717) is 13.1 Å². The predicted molar refractivity (Wildman–Crippen MR) is 95.9 cm³/mol. The van der Waals surface area contributed by atoms with E-state index in [1.807, 2.05) is 48.6 Å². The lowest BCUT2D eigenvalue weighted by Crippen LogP contribution is -1.94. The van der Waals surface area contributed by atoms with Crippen LogP contribution in [0.2, 0.25) is 0 Å². The summed E-state index contributed by atoms with van der Waals surface area (Å²) in [7, 11) is 0. The van der Waals surface area contributed by atoms with Crippen molar-refractivity contribution < 1.29 is 0 Å². The molecule has 0 amide bonds. The molecule has 0 radical (unpaired) electrons. The molecule has 0 atom stereocenters. The minimum Gasteiger partial charge on any atom is -0.326 e. The summed E-state index contributed by atoms with van der Waals surface area (Å²) in [5.41, 5.74) is 15.8. The molecule has 0 fully saturated rings. The van der Waals surface area contributed by atoms with Crippen LogP contribution in [0, 0.1) is 0 Å². The van der Waals surface area contributed by atoms with Gasteiger partial charge in [0.25, 0.3) is 0 Å². The second-order valence-corrected chi connectivity index (χ2v) is 4.99. The van der Waals surface area contributed by atoms with Crippen LogP contribution in [0.1, 0.15) is 22.3 Å². The van der Waals surface area contributed by atoms with E-state index < -0.39 is 0 Å². The zero-order valence-electron chi connectivity index (χ0n) is 12.7. The van der Waals surface area contributed by atoms with E-state index in [0.717, 1.165) is 11.1 Å². The summed E-state index contributed by atoms with van der Waals surface area (Å²) in [6.07, 6.45) is 12.2. The Morgan fingerprint density at radius 2 is 0.909 bits per heavy atom. The van der Waals surface area contributed by atoms with Crippen LogP contribution in [-0.4, -0.2) is 0 Å². The lowest BCUT2D eigenvalue weighted by Gasteiger charge is -1.96. The normalized spacial score (nSPS) is 11.9. The van der Waals surface area contributed by atoms with Gasteiger partial charge in [0.15, 0.2) is 0 Å². The summed E-state index contributed by atoms with van der Waals surface area (Å²) in [5, 5.41) is 0. The van der Waals surface area contributed by atoms with Gasteiger partial charge in [-0.15, -0.1) is 0 Å². The smallest absolute Gasteiger partial charge is 0.0178 e. The first-order valence-corrected chi connectivity index (χ1v) is 7.41. The topological polar surface area (TPSA) is 52.0 Å². The molecule has 22 heavy (non-hydrogen) atoms. The van der Waals surface area contributed by atoms with E-state index in [4.69, 9.17) is 11.5 Å². The van der Waals surface area contributed by atoms with Crippen LogP contribution in [0.25, 0.3) is 12.2 Å². The summed E-state index contributed by atoms with van der Waals surface area (Å²) >= 11 is 0. The summed E-state index contributed by atoms with van der Waals surface area (Å²) in [4.78, 5) is 0. The van der Waals surface area contributed by atoms with Gasteiger partial charge in [0.05, 0.1) is 0 Å². The average Bonchev–Trinajstić information content (AvgIpc) is 2.59. The van der Waals surface area contributed by atoms with Crippen molar-refractivity contribution in [3.05, 3.63) is 95.1 Å². The highest BCUT2D eigenvalue weighted by atomic mass is 14.5. The van der Waals surface area contributed by atoms with E-state index >= 15 is 0 Å². The van der Waals surface area contributed by atoms with Gasteiger partial charge in [0.1, 0.15) is 0 Å². The largest absolute Gasteiger partial charge is 0.326 e. The van der Waals surface area contributed by atoms with Gasteiger partial charge in [-0.1, -0.05) is 85.0 Å². The van der Waals surface area contributed by atoms with Gasteiger partial charge in [-0.3, -0.25) is 0 Å². The molecule has 0 aliphatic heterocycles. The molecule has 0 heterocycles. The maximum atomic E-state index is 5.58. The van der Waals surface area contributed by atoms with Crippen molar-refractivity contribution in [1.82, 2.24) is 0 Å². The number of hydrogen-bond donors (Lipinski definition) is 2. The third-order valence-corrected chi connectivity index (χ3v) is 3.34. The molecule has 2 nitrogen and oxygen atoms in total. The zero-order chi connectivity index (χ0) is 15.6. The first kappa shape index (κ1) is 16.0. The van der Waals surface area contributed by atoms with Crippen molar-refractivity contribution in [2.24, 2.45) is 11.5 Å². The molecule has 0 aromatic heterocycles. The molecule has 2 rings (SSSR count). The Morgan fingerprint density at radius 3 is 1.23 bits per heavy atom. The molecule has 0 saturated heterocycles. The lowest BCUT2D eigenvalue weighted by molar-refractivity contribution is 1.07. The Morgan fingerprint density at radius 1 is 0.545 bits per heavy atom. The highest BCUT2D eigenvalue weighted by Gasteiger charge is 1.89. The minimum atomic E-state index is 0.584. The first-order valence-electron chi connectivity index (χ1n) is 7.41. The molecular weight excluding hydrogens is 268 g/mol. The third-order valence-electron chi connectivity index (χ3n) is 3.34. The Hall–Kier alpha value is -2.42. The molecule has 2 aromatic carbocycles. The predicted octanol–water partition coefficient (Wildman–Crippen LogP) is 3.89. The molecule has 0 unspecified atom stereocenters.